The summed E-state index contributed by atoms with van der Waals surface area (Å²) in [4.78, 5) is 10.9. The molecule has 1 aromatic heterocycles. The number of primary amides is 1. The van der Waals surface area contributed by atoms with Crippen LogP contribution in [0.5, 0.6) is 0 Å². The minimum absolute atomic E-state index is 0.362. The molecular weight excluding hydrogens is 168 g/mol. The van der Waals surface area contributed by atoms with Crippen molar-refractivity contribution < 1.29 is 4.79 Å². The van der Waals surface area contributed by atoms with E-state index in [1.807, 2.05) is 13.0 Å². The van der Waals surface area contributed by atoms with Crippen LogP contribution in [0, 0.1) is 6.92 Å². The van der Waals surface area contributed by atoms with Crippen LogP contribution in [0.2, 0.25) is 0 Å². The lowest BCUT2D eigenvalue weighted by Gasteiger charge is -2.12. The first-order valence-corrected chi connectivity index (χ1v) is 4.10. The van der Waals surface area contributed by atoms with Gasteiger partial charge in [-0.15, -0.1) is 0 Å². The van der Waals surface area contributed by atoms with Crippen molar-refractivity contribution in [2.24, 2.45) is 5.73 Å². The fourth-order valence-corrected chi connectivity index (χ4v) is 1.09. The number of carbonyl (C=O) groups excluding carboxylic acids is 1. The lowest BCUT2D eigenvalue weighted by molar-refractivity contribution is -0.120. The summed E-state index contributed by atoms with van der Waals surface area (Å²) in [5, 5.41) is 6.89. The molecule has 1 amide bonds. The zero-order chi connectivity index (χ0) is 9.84. The van der Waals surface area contributed by atoms with Crippen molar-refractivity contribution in [1.82, 2.24) is 15.1 Å². The molecule has 0 aromatic carbocycles. The zero-order valence-electron chi connectivity index (χ0n) is 7.82. The Morgan fingerprint density at radius 3 is 2.92 bits per heavy atom. The third-order valence-electron chi connectivity index (χ3n) is 1.98. The number of hydrogen-bond donors (Lipinski definition) is 2. The SMILES string of the molecule is CNC(Cn1nccc1C)C(N)=O. The van der Waals surface area contributed by atoms with Gasteiger partial charge in [0.05, 0.1) is 6.54 Å². The molecule has 1 rings (SSSR count). The van der Waals surface area contributed by atoms with Gasteiger partial charge in [-0.1, -0.05) is 0 Å². The van der Waals surface area contributed by atoms with E-state index in [1.54, 1.807) is 17.9 Å². The van der Waals surface area contributed by atoms with Gasteiger partial charge in [-0.25, -0.2) is 0 Å². The topological polar surface area (TPSA) is 72.9 Å². The van der Waals surface area contributed by atoms with Crippen LogP contribution in [0.3, 0.4) is 0 Å². The highest BCUT2D eigenvalue weighted by Gasteiger charge is 2.13. The second-order valence-electron chi connectivity index (χ2n) is 2.90. The summed E-state index contributed by atoms with van der Waals surface area (Å²) in [5.41, 5.74) is 6.19. The first-order chi connectivity index (χ1) is 6.15. The van der Waals surface area contributed by atoms with E-state index >= 15 is 0 Å². The fourth-order valence-electron chi connectivity index (χ4n) is 1.09. The third-order valence-corrected chi connectivity index (χ3v) is 1.98. The van der Waals surface area contributed by atoms with Crippen LogP contribution in [0.15, 0.2) is 12.3 Å². The van der Waals surface area contributed by atoms with E-state index in [-0.39, 0.29) is 11.9 Å². The molecule has 13 heavy (non-hydrogen) atoms. The molecule has 72 valence electrons. The molecule has 3 N–H and O–H groups in total. The van der Waals surface area contributed by atoms with Crippen LogP contribution in [0.25, 0.3) is 0 Å². The number of amides is 1. The highest BCUT2D eigenvalue weighted by molar-refractivity contribution is 5.79. The Morgan fingerprint density at radius 2 is 2.54 bits per heavy atom. The molecule has 1 unspecified atom stereocenters. The van der Waals surface area contributed by atoms with Crippen LogP contribution in [-0.2, 0) is 11.3 Å². The van der Waals surface area contributed by atoms with E-state index in [2.05, 4.69) is 10.4 Å². The molecule has 1 atom stereocenters. The van der Waals surface area contributed by atoms with Crippen LogP contribution in [0.1, 0.15) is 5.69 Å². The summed E-state index contributed by atoms with van der Waals surface area (Å²) in [7, 11) is 1.70. The summed E-state index contributed by atoms with van der Waals surface area (Å²) in [5.74, 6) is -0.364. The third kappa shape index (κ3) is 2.29. The highest BCUT2D eigenvalue weighted by atomic mass is 16.1. The molecule has 1 heterocycles. The second-order valence-corrected chi connectivity index (χ2v) is 2.90. The second kappa shape index (κ2) is 4.04. The molecule has 0 fully saturated rings. The number of hydrogen-bond acceptors (Lipinski definition) is 3. The molecule has 0 saturated carbocycles. The van der Waals surface area contributed by atoms with Crippen molar-refractivity contribution in [3.05, 3.63) is 18.0 Å². The van der Waals surface area contributed by atoms with Gasteiger partial charge in [0.1, 0.15) is 6.04 Å². The fraction of sp³-hybridized carbons (Fsp3) is 0.500. The number of nitrogens with two attached hydrogens (primary N) is 1. The molecule has 5 nitrogen and oxygen atoms in total. The van der Waals surface area contributed by atoms with Gasteiger partial charge in [-0.3, -0.25) is 9.48 Å². The zero-order valence-corrected chi connectivity index (χ0v) is 7.82. The van der Waals surface area contributed by atoms with Crippen molar-refractivity contribution >= 4 is 5.91 Å². The number of likely N-dealkylation sites (N-methyl/N-ethyl adjacent to an activating group) is 1. The Kier molecular flexibility index (Phi) is 3.02. The van der Waals surface area contributed by atoms with E-state index < -0.39 is 0 Å². The van der Waals surface area contributed by atoms with Gasteiger partial charge < -0.3 is 11.1 Å². The summed E-state index contributed by atoms with van der Waals surface area (Å²) in [6.45, 7) is 2.41. The molecular formula is C8H14N4O. The maximum absolute atomic E-state index is 10.9. The van der Waals surface area contributed by atoms with Gasteiger partial charge in [-0.05, 0) is 20.0 Å². The quantitative estimate of drug-likeness (QED) is 0.644. The van der Waals surface area contributed by atoms with Gasteiger partial charge in [0.2, 0.25) is 5.91 Å². The molecule has 0 aliphatic rings. The first kappa shape index (κ1) is 9.73. The first-order valence-electron chi connectivity index (χ1n) is 4.10. The molecule has 0 radical (unpaired) electrons. The number of carbonyl (C=O) groups is 1. The Balaban J connectivity index is 2.67. The Labute approximate surface area is 76.9 Å². The van der Waals surface area contributed by atoms with Gasteiger partial charge in [-0.2, -0.15) is 5.10 Å². The maximum atomic E-state index is 10.9. The van der Waals surface area contributed by atoms with E-state index in [4.69, 9.17) is 5.73 Å². The summed E-state index contributed by atoms with van der Waals surface area (Å²) >= 11 is 0. The minimum Gasteiger partial charge on any atom is -0.368 e. The summed E-state index contributed by atoms with van der Waals surface area (Å²) in [6, 6.07) is 1.52. The molecule has 0 saturated heterocycles. The summed E-state index contributed by atoms with van der Waals surface area (Å²) in [6.07, 6.45) is 1.70. The predicted molar refractivity (Wildman–Crippen MR) is 49.0 cm³/mol. The standard InChI is InChI=1S/C8H14N4O/c1-6-3-4-11-12(6)5-7(10-2)8(9)13/h3-4,7,10H,5H2,1-2H3,(H2,9,13). The number of nitrogens with zero attached hydrogens (tertiary/aromatic N) is 2. The van der Waals surface area contributed by atoms with Crippen molar-refractivity contribution in [3.8, 4) is 0 Å². The van der Waals surface area contributed by atoms with Crippen LogP contribution in [0.4, 0.5) is 0 Å². The molecule has 0 spiro atoms. The van der Waals surface area contributed by atoms with Gasteiger partial charge >= 0.3 is 0 Å². The van der Waals surface area contributed by atoms with Crippen molar-refractivity contribution in [2.45, 2.75) is 19.5 Å². The Bertz CT molecular complexity index is 294. The maximum Gasteiger partial charge on any atom is 0.236 e. The van der Waals surface area contributed by atoms with Crippen molar-refractivity contribution in [1.29, 1.82) is 0 Å². The Hall–Kier alpha value is -1.36. The lowest BCUT2D eigenvalue weighted by atomic mass is 10.3. The van der Waals surface area contributed by atoms with E-state index in [1.165, 1.54) is 0 Å². The van der Waals surface area contributed by atoms with E-state index in [0.29, 0.717) is 6.54 Å². The lowest BCUT2D eigenvalue weighted by Crippen LogP contribution is -2.42. The highest BCUT2D eigenvalue weighted by Crippen LogP contribution is 1.97. The monoisotopic (exact) mass is 182 g/mol. The van der Waals surface area contributed by atoms with Gasteiger partial charge in [0, 0.05) is 11.9 Å². The average Bonchev–Trinajstić information content (AvgIpc) is 2.46. The molecule has 0 bridgehead atoms. The summed E-state index contributed by atoms with van der Waals surface area (Å²) < 4.78 is 1.74. The number of nitrogens with one attached hydrogen (secondary N) is 1. The number of aryl methyl sites for hydroxylation is 1. The van der Waals surface area contributed by atoms with Crippen LogP contribution >= 0.6 is 0 Å². The number of rotatable bonds is 4. The van der Waals surface area contributed by atoms with E-state index in [9.17, 15) is 4.79 Å². The molecule has 5 heteroatoms. The smallest absolute Gasteiger partial charge is 0.236 e. The molecule has 0 aliphatic heterocycles. The predicted octanol–water partition coefficient (Wildman–Crippen LogP) is -0.735. The number of aromatic nitrogens is 2. The van der Waals surface area contributed by atoms with Gasteiger partial charge in [0.25, 0.3) is 0 Å². The molecule has 1 aromatic rings. The van der Waals surface area contributed by atoms with Crippen molar-refractivity contribution in [3.63, 3.8) is 0 Å². The van der Waals surface area contributed by atoms with Crippen molar-refractivity contribution in [2.75, 3.05) is 7.05 Å². The normalized spacial score (nSPS) is 12.8. The van der Waals surface area contributed by atoms with Gasteiger partial charge in [0.15, 0.2) is 0 Å². The molecule has 0 aliphatic carbocycles. The van der Waals surface area contributed by atoms with E-state index in [0.717, 1.165) is 5.69 Å². The van der Waals surface area contributed by atoms with Crippen LogP contribution in [-0.4, -0.2) is 28.8 Å². The van der Waals surface area contributed by atoms with Crippen LogP contribution < -0.4 is 11.1 Å². The Morgan fingerprint density at radius 1 is 1.85 bits per heavy atom. The largest absolute Gasteiger partial charge is 0.368 e. The average molecular weight is 182 g/mol. The minimum atomic E-state index is -0.364.